The molecule has 28 heavy (non-hydrogen) atoms. The molecule has 0 aliphatic carbocycles. The molecule has 0 saturated carbocycles. The van der Waals surface area contributed by atoms with Gasteiger partial charge in [-0.25, -0.2) is 4.79 Å². The summed E-state index contributed by atoms with van der Waals surface area (Å²) in [5.41, 5.74) is 3.45. The van der Waals surface area contributed by atoms with Crippen molar-refractivity contribution in [3.8, 4) is 5.75 Å². The highest BCUT2D eigenvalue weighted by atomic mass is 16.5. The average molecular weight is 379 g/mol. The van der Waals surface area contributed by atoms with E-state index in [1.807, 2.05) is 37.3 Å². The first-order chi connectivity index (χ1) is 13.3. The fraction of sp³-hybridized carbons (Fsp3) is 0.304. The van der Waals surface area contributed by atoms with Crippen molar-refractivity contribution in [3.05, 3.63) is 64.9 Å². The summed E-state index contributed by atoms with van der Waals surface area (Å²) in [6.45, 7) is 7.89. The van der Waals surface area contributed by atoms with Crippen LogP contribution in [0.3, 0.4) is 0 Å². The van der Waals surface area contributed by atoms with Crippen LogP contribution in [0.15, 0.2) is 48.2 Å². The predicted molar refractivity (Wildman–Crippen MR) is 110 cm³/mol. The lowest BCUT2D eigenvalue weighted by Gasteiger charge is -2.34. The molecule has 1 atom stereocenters. The van der Waals surface area contributed by atoms with E-state index in [0.717, 1.165) is 11.1 Å². The molecule has 0 bridgehead atoms. The number of carboxylic acids is 1. The summed E-state index contributed by atoms with van der Waals surface area (Å²) in [4.78, 5) is 26.3. The maximum absolute atomic E-state index is 13.2. The van der Waals surface area contributed by atoms with E-state index >= 15 is 0 Å². The van der Waals surface area contributed by atoms with Crippen LogP contribution in [0.4, 0.5) is 5.69 Å². The molecule has 1 amide bonds. The molecule has 2 aromatic rings. The third kappa shape index (κ3) is 3.79. The number of anilines is 1. The number of hydrogen-bond donors (Lipinski definition) is 1. The van der Waals surface area contributed by atoms with Gasteiger partial charge in [0.05, 0.1) is 5.69 Å². The Hall–Kier alpha value is -3.08. The van der Waals surface area contributed by atoms with E-state index < -0.39 is 17.9 Å². The fourth-order valence-corrected chi connectivity index (χ4v) is 3.29. The van der Waals surface area contributed by atoms with Crippen LogP contribution in [-0.4, -0.2) is 23.0 Å². The van der Waals surface area contributed by atoms with Gasteiger partial charge < -0.3 is 9.84 Å². The second-order valence-electron chi connectivity index (χ2n) is 7.34. The zero-order chi connectivity index (χ0) is 20.4. The van der Waals surface area contributed by atoms with Gasteiger partial charge in [-0.2, -0.15) is 0 Å². The van der Waals surface area contributed by atoms with E-state index in [9.17, 15) is 14.7 Å². The van der Waals surface area contributed by atoms with Gasteiger partial charge in [0.15, 0.2) is 11.5 Å². The highest BCUT2D eigenvalue weighted by Gasteiger charge is 2.37. The van der Waals surface area contributed by atoms with E-state index in [-0.39, 0.29) is 5.76 Å². The molecule has 0 aromatic heterocycles. The molecule has 2 aromatic carbocycles. The summed E-state index contributed by atoms with van der Waals surface area (Å²) in [5.74, 6) is -0.463. The summed E-state index contributed by atoms with van der Waals surface area (Å²) < 4.78 is 5.86. The van der Waals surface area contributed by atoms with Gasteiger partial charge in [-0.15, -0.1) is 0 Å². The van der Waals surface area contributed by atoms with Crippen molar-refractivity contribution >= 4 is 23.6 Å². The number of carbonyl (C=O) groups is 2. The van der Waals surface area contributed by atoms with Crippen molar-refractivity contribution in [3.63, 3.8) is 0 Å². The number of fused-ring (bicyclic) bond motifs is 1. The number of hydrogen-bond acceptors (Lipinski definition) is 3. The minimum absolute atomic E-state index is 0.119. The van der Waals surface area contributed by atoms with Crippen LogP contribution in [0.1, 0.15) is 49.8 Å². The molecule has 0 saturated heterocycles. The maximum atomic E-state index is 13.2. The fourth-order valence-electron chi connectivity index (χ4n) is 3.29. The Bertz CT molecular complexity index is 928. The molecular formula is C23H25NO4. The molecule has 0 radical (unpaired) electrons. The first-order valence-corrected chi connectivity index (χ1v) is 9.48. The first kappa shape index (κ1) is 19.7. The van der Waals surface area contributed by atoms with Crippen LogP contribution in [0.2, 0.25) is 0 Å². The van der Waals surface area contributed by atoms with Gasteiger partial charge in [-0.05, 0) is 54.2 Å². The van der Waals surface area contributed by atoms with Crippen LogP contribution in [0.5, 0.6) is 5.75 Å². The number of ether oxygens (including phenoxy) is 1. The van der Waals surface area contributed by atoms with Crippen LogP contribution < -0.4 is 9.64 Å². The second-order valence-corrected chi connectivity index (χ2v) is 7.34. The van der Waals surface area contributed by atoms with Gasteiger partial charge in [0, 0.05) is 0 Å². The highest BCUT2D eigenvalue weighted by molar-refractivity contribution is 6.12. The Balaban J connectivity index is 2.06. The second kappa shape index (κ2) is 7.89. The Morgan fingerprint density at radius 2 is 1.86 bits per heavy atom. The van der Waals surface area contributed by atoms with Crippen molar-refractivity contribution in [1.82, 2.24) is 0 Å². The van der Waals surface area contributed by atoms with E-state index in [1.165, 1.54) is 10.5 Å². The van der Waals surface area contributed by atoms with Crippen molar-refractivity contribution < 1.29 is 19.4 Å². The first-order valence-electron chi connectivity index (χ1n) is 9.48. The van der Waals surface area contributed by atoms with Gasteiger partial charge in [0.2, 0.25) is 0 Å². The van der Waals surface area contributed by atoms with E-state index in [1.54, 1.807) is 25.1 Å². The zero-order valence-corrected chi connectivity index (χ0v) is 16.6. The molecule has 1 N–H and O–H groups in total. The molecule has 3 rings (SSSR count). The van der Waals surface area contributed by atoms with E-state index in [2.05, 4.69) is 13.8 Å². The van der Waals surface area contributed by atoms with Crippen molar-refractivity contribution in [2.24, 2.45) is 0 Å². The van der Waals surface area contributed by atoms with Crippen molar-refractivity contribution in [2.75, 3.05) is 4.90 Å². The van der Waals surface area contributed by atoms with Crippen molar-refractivity contribution in [1.29, 1.82) is 0 Å². The number of carboxylic acid groups (broad SMARTS) is 1. The summed E-state index contributed by atoms with van der Waals surface area (Å²) in [7, 11) is 0. The minimum Gasteiger partial charge on any atom is -0.480 e. The number of nitrogens with zero attached hydrogens (tertiary/aromatic N) is 1. The Labute approximate surface area is 165 Å². The molecule has 0 spiro atoms. The van der Waals surface area contributed by atoms with E-state index in [4.69, 9.17) is 4.74 Å². The number of aryl methyl sites for hydroxylation is 1. The normalized spacial score (nSPS) is 16.1. The number of benzene rings is 2. The molecule has 0 fully saturated rings. The average Bonchev–Trinajstić information content (AvgIpc) is 2.65. The van der Waals surface area contributed by atoms with Gasteiger partial charge in [-0.1, -0.05) is 51.1 Å². The third-order valence-electron chi connectivity index (χ3n) is 4.91. The van der Waals surface area contributed by atoms with Crippen LogP contribution in [0.25, 0.3) is 6.08 Å². The van der Waals surface area contributed by atoms with E-state index in [0.29, 0.717) is 23.8 Å². The standard InChI is InChI=1S/C23H25NO4/c1-5-18(23(26)27)24-19-12-15(4)6-11-20(19)28-21(22(24)25)13-16-7-9-17(10-8-16)14(2)3/h6-14,18H,5H2,1-4H3,(H,26,27)/b21-13+. The summed E-state index contributed by atoms with van der Waals surface area (Å²) in [6, 6.07) is 12.4. The molecule has 146 valence electrons. The Morgan fingerprint density at radius 3 is 2.43 bits per heavy atom. The largest absolute Gasteiger partial charge is 0.480 e. The third-order valence-corrected chi connectivity index (χ3v) is 4.91. The number of carbonyl (C=O) groups excluding carboxylic acids is 1. The molecule has 5 nitrogen and oxygen atoms in total. The quantitative estimate of drug-likeness (QED) is 0.762. The minimum atomic E-state index is -1.04. The number of rotatable bonds is 5. The lowest BCUT2D eigenvalue weighted by Crippen LogP contribution is -2.48. The van der Waals surface area contributed by atoms with Gasteiger partial charge >= 0.3 is 5.97 Å². The lowest BCUT2D eigenvalue weighted by molar-refractivity contribution is -0.140. The highest BCUT2D eigenvalue weighted by Crippen LogP contribution is 2.38. The van der Waals surface area contributed by atoms with Gasteiger partial charge in [0.25, 0.3) is 5.91 Å². The summed E-state index contributed by atoms with van der Waals surface area (Å²) in [5, 5.41) is 9.64. The number of amides is 1. The monoisotopic (exact) mass is 379 g/mol. The Morgan fingerprint density at radius 1 is 1.18 bits per heavy atom. The SMILES string of the molecule is CCC(C(=O)O)N1C(=O)/C(=C\c2ccc(C(C)C)cc2)Oc2ccc(C)cc21. The zero-order valence-electron chi connectivity index (χ0n) is 16.6. The maximum Gasteiger partial charge on any atom is 0.326 e. The summed E-state index contributed by atoms with van der Waals surface area (Å²) in [6.07, 6.45) is 1.96. The molecule has 1 heterocycles. The predicted octanol–water partition coefficient (Wildman–Crippen LogP) is 4.75. The molecular weight excluding hydrogens is 354 g/mol. The number of aliphatic carboxylic acids is 1. The summed E-state index contributed by atoms with van der Waals surface area (Å²) >= 11 is 0. The van der Waals surface area contributed by atoms with Crippen LogP contribution >= 0.6 is 0 Å². The lowest BCUT2D eigenvalue weighted by atomic mass is 10.0. The van der Waals surface area contributed by atoms with Crippen LogP contribution in [-0.2, 0) is 9.59 Å². The smallest absolute Gasteiger partial charge is 0.326 e. The van der Waals surface area contributed by atoms with Crippen molar-refractivity contribution in [2.45, 2.75) is 46.1 Å². The molecule has 1 unspecified atom stereocenters. The molecule has 5 heteroatoms. The van der Waals surface area contributed by atoms with Crippen LogP contribution in [0, 0.1) is 6.92 Å². The molecule has 1 aliphatic rings. The topological polar surface area (TPSA) is 66.8 Å². The van der Waals surface area contributed by atoms with Gasteiger partial charge in [0.1, 0.15) is 6.04 Å². The Kier molecular flexibility index (Phi) is 5.54. The molecule has 1 aliphatic heterocycles. The van der Waals surface area contributed by atoms with Gasteiger partial charge in [-0.3, -0.25) is 9.69 Å².